The van der Waals surface area contributed by atoms with Gasteiger partial charge in [-0.1, -0.05) is 16.8 Å². The van der Waals surface area contributed by atoms with E-state index in [9.17, 15) is 0 Å². The highest BCUT2D eigenvalue weighted by Gasteiger charge is 2.11. The lowest BCUT2D eigenvalue weighted by molar-refractivity contribution is 0.318. The standard InChI is InChI=1S/C11H13N5OS/c1-6-3-4-9(8(5-6)10(12)16-17)18-11-13-7(2)14-15-11/h3-5,17H,1-2H3,(H2,12,16)(H,13,14,15). The third-order valence-electron chi connectivity index (χ3n) is 2.30. The van der Waals surface area contributed by atoms with Crippen LogP contribution in [0.25, 0.3) is 0 Å². The summed E-state index contributed by atoms with van der Waals surface area (Å²) in [5.41, 5.74) is 7.37. The molecule has 2 rings (SSSR count). The Hall–Kier alpha value is -2.02. The number of nitrogens with two attached hydrogens (primary N) is 1. The summed E-state index contributed by atoms with van der Waals surface area (Å²) < 4.78 is 0. The van der Waals surface area contributed by atoms with Gasteiger partial charge in [-0.15, -0.1) is 5.10 Å². The Kier molecular flexibility index (Phi) is 3.52. The zero-order valence-corrected chi connectivity index (χ0v) is 10.8. The van der Waals surface area contributed by atoms with Gasteiger partial charge in [-0.2, -0.15) is 0 Å². The highest BCUT2D eigenvalue weighted by Crippen LogP contribution is 2.28. The molecule has 0 aliphatic carbocycles. The molecular formula is C11H13N5OS. The minimum atomic E-state index is 0.0773. The number of oxime groups is 1. The van der Waals surface area contributed by atoms with Gasteiger partial charge >= 0.3 is 0 Å². The number of amidine groups is 1. The van der Waals surface area contributed by atoms with Gasteiger partial charge < -0.3 is 10.9 Å². The summed E-state index contributed by atoms with van der Waals surface area (Å²) in [6.45, 7) is 3.77. The van der Waals surface area contributed by atoms with E-state index in [0.717, 1.165) is 16.3 Å². The first-order valence-electron chi connectivity index (χ1n) is 5.25. The lowest BCUT2D eigenvalue weighted by Crippen LogP contribution is -2.14. The molecule has 0 fully saturated rings. The number of aryl methyl sites for hydroxylation is 2. The van der Waals surface area contributed by atoms with Crippen LogP contribution in [0.1, 0.15) is 17.0 Å². The van der Waals surface area contributed by atoms with Crippen molar-refractivity contribution in [1.82, 2.24) is 15.2 Å². The van der Waals surface area contributed by atoms with Crippen molar-refractivity contribution in [1.29, 1.82) is 0 Å². The maximum atomic E-state index is 8.79. The molecule has 7 heteroatoms. The normalized spacial score (nSPS) is 11.8. The van der Waals surface area contributed by atoms with Crippen molar-refractivity contribution < 1.29 is 5.21 Å². The number of nitrogens with one attached hydrogen (secondary N) is 1. The average Bonchev–Trinajstić information content (AvgIpc) is 2.76. The molecule has 1 heterocycles. The summed E-state index contributed by atoms with van der Waals surface area (Å²) in [5.74, 6) is 0.823. The summed E-state index contributed by atoms with van der Waals surface area (Å²) in [5, 5.41) is 19.2. The highest BCUT2D eigenvalue weighted by atomic mass is 32.2. The Morgan fingerprint density at radius 3 is 2.83 bits per heavy atom. The first-order chi connectivity index (χ1) is 8.60. The molecule has 0 saturated heterocycles. The molecule has 0 aliphatic heterocycles. The SMILES string of the molecule is Cc1ccc(Sc2n[nH]c(C)n2)c(/C(N)=N/O)c1. The van der Waals surface area contributed by atoms with E-state index in [4.69, 9.17) is 10.9 Å². The fourth-order valence-corrected chi connectivity index (χ4v) is 2.33. The summed E-state index contributed by atoms with van der Waals surface area (Å²) in [6.07, 6.45) is 0. The zero-order chi connectivity index (χ0) is 13.1. The van der Waals surface area contributed by atoms with E-state index in [1.54, 1.807) is 0 Å². The smallest absolute Gasteiger partial charge is 0.213 e. The van der Waals surface area contributed by atoms with Gasteiger partial charge in [-0.05, 0) is 37.7 Å². The van der Waals surface area contributed by atoms with E-state index >= 15 is 0 Å². The number of aromatic amines is 1. The molecule has 0 aliphatic rings. The van der Waals surface area contributed by atoms with Gasteiger partial charge in [0.25, 0.3) is 0 Å². The van der Waals surface area contributed by atoms with Crippen molar-refractivity contribution in [3.8, 4) is 0 Å². The number of H-pyrrole nitrogens is 1. The van der Waals surface area contributed by atoms with Crippen molar-refractivity contribution >= 4 is 17.6 Å². The minimum Gasteiger partial charge on any atom is -0.409 e. The molecule has 0 unspecified atom stereocenters. The van der Waals surface area contributed by atoms with Crippen LogP contribution in [0.4, 0.5) is 0 Å². The molecule has 18 heavy (non-hydrogen) atoms. The van der Waals surface area contributed by atoms with Crippen LogP contribution in [-0.2, 0) is 0 Å². The van der Waals surface area contributed by atoms with E-state index in [2.05, 4.69) is 20.3 Å². The van der Waals surface area contributed by atoms with Crippen molar-refractivity contribution in [2.75, 3.05) is 0 Å². The number of aromatic nitrogens is 3. The average molecular weight is 263 g/mol. The van der Waals surface area contributed by atoms with Gasteiger partial charge in [0, 0.05) is 10.5 Å². The molecule has 0 saturated carbocycles. The predicted molar refractivity (Wildman–Crippen MR) is 68.9 cm³/mol. The van der Waals surface area contributed by atoms with Gasteiger partial charge in [0.2, 0.25) is 5.16 Å². The molecule has 0 radical (unpaired) electrons. The summed E-state index contributed by atoms with van der Waals surface area (Å²) in [6, 6.07) is 5.71. The second kappa shape index (κ2) is 5.09. The third-order valence-corrected chi connectivity index (χ3v) is 3.24. The Morgan fingerprint density at radius 1 is 1.44 bits per heavy atom. The monoisotopic (exact) mass is 263 g/mol. The largest absolute Gasteiger partial charge is 0.409 e. The fraction of sp³-hybridized carbons (Fsp3) is 0.182. The van der Waals surface area contributed by atoms with Gasteiger partial charge in [0.1, 0.15) is 5.82 Å². The van der Waals surface area contributed by atoms with Crippen LogP contribution >= 0.6 is 11.8 Å². The second-order valence-corrected chi connectivity index (χ2v) is 4.80. The van der Waals surface area contributed by atoms with Gasteiger partial charge in [0.15, 0.2) is 5.84 Å². The van der Waals surface area contributed by atoms with E-state index in [1.807, 2.05) is 32.0 Å². The Balaban J connectivity index is 2.38. The van der Waals surface area contributed by atoms with E-state index in [0.29, 0.717) is 10.7 Å². The summed E-state index contributed by atoms with van der Waals surface area (Å²) in [7, 11) is 0. The van der Waals surface area contributed by atoms with Crippen molar-refractivity contribution in [2.24, 2.45) is 10.9 Å². The second-order valence-electron chi connectivity index (χ2n) is 3.79. The molecule has 6 nitrogen and oxygen atoms in total. The van der Waals surface area contributed by atoms with Crippen LogP contribution < -0.4 is 5.73 Å². The van der Waals surface area contributed by atoms with E-state index in [-0.39, 0.29) is 5.84 Å². The first-order valence-corrected chi connectivity index (χ1v) is 6.07. The molecule has 0 atom stereocenters. The van der Waals surface area contributed by atoms with Crippen molar-refractivity contribution in [3.63, 3.8) is 0 Å². The topological polar surface area (TPSA) is 100 Å². The molecule has 1 aromatic carbocycles. The van der Waals surface area contributed by atoms with Crippen LogP contribution in [0.2, 0.25) is 0 Å². The molecule has 0 spiro atoms. The lowest BCUT2D eigenvalue weighted by Gasteiger charge is -2.06. The number of hydrogen-bond donors (Lipinski definition) is 3. The van der Waals surface area contributed by atoms with Gasteiger partial charge in [-0.3, -0.25) is 5.10 Å². The van der Waals surface area contributed by atoms with Crippen LogP contribution in [0.3, 0.4) is 0 Å². The fourth-order valence-electron chi connectivity index (χ4n) is 1.45. The van der Waals surface area contributed by atoms with Crippen LogP contribution in [-0.4, -0.2) is 26.2 Å². The van der Waals surface area contributed by atoms with E-state index in [1.165, 1.54) is 11.8 Å². The number of nitrogens with zero attached hydrogens (tertiary/aromatic N) is 3. The third kappa shape index (κ3) is 2.62. The van der Waals surface area contributed by atoms with Crippen LogP contribution in [0.5, 0.6) is 0 Å². The molecule has 1 aromatic heterocycles. The molecule has 2 aromatic rings. The number of hydrogen-bond acceptors (Lipinski definition) is 5. The summed E-state index contributed by atoms with van der Waals surface area (Å²) in [4.78, 5) is 5.05. The Bertz CT molecular complexity index is 593. The quantitative estimate of drug-likeness (QED) is 0.338. The first kappa shape index (κ1) is 12.4. The van der Waals surface area contributed by atoms with E-state index < -0.39 is 0 Å². The number of rotatable bonds is 3. The van der Waals surface area contributed by atoms with Gasteiger partial charge in [0.05, 0.1) is 0 Å². The lowest BCUT2D eigenvalue weighted by atomic mass is 10.1. The Labute approximate surface area is 108 Å². The minimum absolute atomic E-state index is 0.0773. The van der Waals surface area contributed by atoms with Crippen molar-refractivity contribution in [3.05, 3.63) is 35.2 Å². The van der Waals surface area contributed by atoms with Crippen LogP contribution in [0.15, 0.2) is 33.4 Å². The molecule has 0 bridgehead atoms. The molecule has 0 amide bonds. The van der Waals surface area contributed by atoms with Gasteiger partial charge in [-0.25, -0.2) is 4.98 Å². The molecule has 4 N–H and O–H groups in total. The number of benzene rings is 1. The highest BCUT2D eigenvalue weighted by molar-refractivity contribution is 7.99. The molecule has 94 valence electrons. The Morgan fingerprint density at radius 2 is 2.22 bits per heavy atom. The zero-order valence-electron chi connectivity index (χ0n) is 10.0. The molecular weight excluding hydrogens is 250 g/mol. The predicted octanol–water partition coefficient (Wildman–Crippen LogP) is 1.67. The maximum absolute atomic E-state index is 8.79. The van der Waals surface area contributed by atoms with Crippen molar-refractivity contribution in [2.45, 2.75) is 23.9 Å². The maximum Gasteiger partial charge on any atom is 0.213 e. The summed E-state index contributed by atoms with van der Waals surface area (Å²) >= 11 is 1.36. The van der Waals surface area contributed by atoms with Crippen LogP contribution in [0, 0.1) is 13.8 Å².